The number of rotatable bonds is 5. The van der Waals surface area contributed by atoms with E-state index in [1.165, 1.54) is 19.3 Å². The maximum atomic E-state index is 10.3. The summed E-state index contributed by atoms with van der Waals surface area (Å²) in [5.41, 5.74) is 1.14. The van der Waals surface area contributed by atoms with E-state index >= 15 is 0 Å². The first-order valence-electron chi connectivity index (χ1n) is 8.17. The SMILES string of the molecule is CN=C(NCC(O)C1CCCCC1)N(C)Cc1cnn(C)c1. The Kier molecular flexibility index (Phi) is 6.24. The van der Waals surface area contributed by atoms with Crippen LogP contribution in [0.25, 0.3) is 0 Å². The lowest BCUT2D eigenvalue weighted by Crippen LogP contribution is -2.43. The Morgan fingerprint density at radius 3 is 2.82 bits per heavy atom. The van der Waals surface area contributed by atoms with E-state index in [1.54, 1.807) is 11.7 Å². The standard InChI is InChI=1S/C16H29N5O/c1-17-16(20(2)11-13-9-19-21(3)12-13)18-10-15(22)14-7-5-4-6-8-14/h9,12,14-15,22H,4-8,10-11H2,1-3H3,(H,17,18). The molecule has 1 saturated carbocycles. The second-order valence-corrected chi connectivity index (χ2v) is 6.27. The Morgan fingerprint density at radius 1 is 1.50 bits per heavy atom. The Morgan fingerprint density at radius 2 is 2.23 bits per heavy atom. The molecule has 2 N–H and O–H groups in total. The lowest BCUT2D eigenvalue weighted by molar-refractivity contribution is 0.0874. The van der Waals surface area contributed by atoms with Crippen molar-refractivity contribution in [3.05, 3.63) is 18.0 Å². The molecule has 0 aliphatic heterocycles. The minimum atomic E-state index is -0.288. The molecule has 1 aromatic rings. The maximum Gasteiger partial charge on any atom is 0.193 e. The van der Waals surface area contributed by atoms with E-state index in [0.29, 0.717) is 12.5 Å². The van der Waals surface area contributed by atoms with Gasteiger partial charge < -0.3 is 15.3 Å². The van der Waals surface area contributed by atoms with Gasteiger partial charge in [0.15, 0.2) is 5.96 Å². The van der Waals surface area contributed by atoms with Gasteiger partial charge in [-0.1, -0.05) is 19.3 Å². The summed E-state index contributed by atoms with van der Waals surface area (Å²) in [5.74, 6) is 1.24. The summed E-state index contributed by atoms with van der Waals surface area (Å²) in [5, 5.41) is 17.8. The van der Waals surface area contributed by atoms with Gasteiger partial charge in [-0.3, -0.25) is 9.67 Å². The van der Waals surface area contributed by atoms with E-state index in [1.807, 2.05) is 31.4 Å². The fourth-order valence-corrected chi connectivity index (χ4v) is 3.17. The monoisotopic (exact) mass is 307 g/mol. The molecule has 124 valence electrons. The fraction of sp³-hybridized carbons (Fsp3) is 0.750. The molecule has 1 heterocycles. The van der Waals surface area contributed by atoms with Crippen molar-refractivity contribution >= 4 is 5.96 Å². The van der Waals surface area contributed by atoms with Crippen molar-refractivity contribution in [2.75, 3.05) is 20.6 Å². The Balaban J connectivity index is 1.80. The normalized spacial score (nSPS) is 18.3. The van der Waals surface area contributed by atoms with Crippen molar-refractivity contribution in [1.82, 2.24) is 20.0 Å². The van der Waals surface area contributed by atoms with Crippen LogP contribution in [0.15, 0.2) is 17.4 Å². The molecule has 6 nitrogen and oxygen atoms in total. The molecule has 0 aromatic carbocycles. The number of nitrogens with zero attached hydrogens (tertiary/aromatic N) is 4. The lowest BCUT2D eigenvalue weighted by Gasteiger charge is -2.28. The number of guanidine groups is 1. The summed E-state index contributed by atoms with van der Waals surface area (Å²) >= 11 is 0. The number of hydrogen-bond acceptors (Lipinski definition) is 3. The highest BCUT2D eigenvalue weighted by molar-refractivity contribution is 5.79. The third-order valence-corrected chi connectivity index (χ3v) is 4.41. The summed E-state index contributed by atoms with van der Waals surface area (Å²) in [6.45, 7) is 1.31. The van der Waals surface area contributed by atoms with E-state index in [9.17, 15) is 5.11 Å². The molecule has 1 unspecified atom stereocenters. The average molecular weight is 307 g/mol. The molecular formula is C16H29N5O. The van der Waals surface area contributed by atoms with Crippen LogP contribution in [-0.2, 0) is 13.6 Å². The van der Waals surface area contributed by atoms with E-state index in [2.05, 4.69) is 15.4 Å². The Bertz CT molecular complexity index is 479. The number of aliphatic hydroxyl groups excluding tert-OH is 1. The van der Waals surface area contributed by atoms with Crippen molar-refractivity contribution < 1.29 is 5.11 Å². The zero-order valence-corrected chi connectivity index (χ0v) is 14.0. The Hall–Kier alpha value is -1.56. The molecule has 0 spiro atoms. The smallest absolute Gasteiger partial charge is 0.193 e. The van der Waals surface area contributed by atoms with Gasteiger partial charge in [-0.25, -0.2) is 0 Å². The van der Waals surface area contributed by atoms with Crippen LogP contribution in [0, 0.1) is 5.92 Å². The highest BCUT2D eigenvalue weighted by Crippen LogP contribution is 2.26. The van der Waals surface area contributed by atoms with Crippen LogP contribution in [-0.4, -0.2) is 52.5 Å². The van der Waals surface area contributed by atoms with Crippen molar-refractivity contribution in [1.29, 1.82) is 0 Å². The van der Waals surface area contributed by atoms with Gasteiger partial charge in [0, 0.05) is 46.0 Å². The quantitative estimate of drug-likeness (QED) is 0.637. The summed E-state index contributed by atoms with van der Waals surface area (Å²) in [6.07, 6.45) is 9.67. The van der Waals surface area contributed by atoms with Crippen LogP contribution in [0.3, 0.4) is 0 Å². The van der Waals surface area contributed by atoms with E-state index in [-0.39, 0.29) is 6.10 Å². The zero-order chi connectivity index (χ0) is 15.9. The van der Waals surface area contributed by atoms with E-state index in [0.717, 1.165) is 30.9 Å². The molecule has 6 heteroatoms. The van der Waals surface area contributed by atoms with Crippen molar-refractivity contribution in [2.45, 2.75) is 44.8 Å². The first-order chi connectivity index (χ1) is 10.6. The molecule has 0 bridgehead atoms. The molecule has 1 fully saturated rings. The molecule has 0 amide bonds. The van der Waals surface area contributed by atoms with Crippen molar-refractivity contribution in [3.63, 3.8) is 0 Å². The number of aliphatic hydroxyl groups is 1. The van der Waals surface area contributed by atoms with Crippen molar-refractivity contribution in [3.8, 4) is 0 Å². The van der Waals surface area contributed by atoms with Crippen LogP contribution in [0.1, 0.15) is 37.7 Å². The molecule has 2 rings (SSSR count). The highest BCUT2D eigenvalue weighted by atomic mass is 16.3. The molecule has 1 atom stereocenters. The molecule has 0 saturated heterocycles. The Labute approximate surface area is 133 Å². The van der Waals surface area contributed by atoms with Crippen LogP contribution in [0.2, 0.25) is 0 Å². The average Bonchev–Trinajstić information content (AvgIpc) is 2.93. The van der Waals surface area contributed by atoms with Gasteiger partial charge >= 0.3 is 0 Å². The maximum absolute atomic E-state index is 10.3. The summed E-state index contributed by atoms with van der Waals surface area (Å²) in [6, 6.07) is 0. The van der Waals surface area contributed by atoms with Gasteiger partial charge in [-0.15, -0.1) is 0 Å². The number of hydrogen-bond donors (Lipinski definition) is 2. The summed E-state index contributed by atoms with van der Waals surface area (Å²) in [7, 11) is 5.68. The number of aromatic nitrogens is 2. The zero-order valence-electron chi connectivity index (χ0n) is 14.0. The third-order valence-electron chi connectivity index (χ3n) is 4.41. The molecule has 0 radical (unpaired) electrons. The minimum absolute atomic E-state index is 0.288. The number of aliphatic imine (C=N–C) groups is 1. The van der Waals surface area contributed by atoms with Gasteiger partial charge in [-0.2, -0.15) is 5.10 Å². The molecular weight excluding hydrogens is 278 g/mol. The predicted molar refractivity (Wildman–Crippen MR) is 88.6 cm³/mol. The van der Waals surface area contributed by atoms with Crippen LogP contribution < -0.4 is 5.32 Å². The molecule has 22 heavy (non-hydrogen) atoms. The first kappa shape index (κ1) is 16.8. The second-order valence-electron chi connectivity index (χ2n) is 6.27. The third kappa shape index (κ3) is 4.73. The van der Waals surface area contributed by atoms with Gasteiger partial charge in [0.1, 0.15) is 0 Å². The largest absolute Gasteiger partial charge is 0.391 e. The van der Waals surface area contributed by atoms with Crippen LogP contribution in [0.4, 0.5) is 0 Å². The molecule has 1 aliphatic rings. The highest BCUT2D eigenvalue weighted by Gasteiger charge is 2.22. The summed E-state index contributed by atoms with van der Waals surface area (Å²) in [4.78, 5) is 6.35. The minimum Gasteiger partial charge on any atom is -0.391 e. The van der Waals surface area contributed by atoms with E-state index < -0.39 is 0 Å². The molecule has 1 aromatic heterocycles. The van der Waals surface area contributed by atoms with E-state index in [4.69, 9.17) is 0 Å². The number of aryl methyl sites for hydroxylation is 1. The first-order valence-corrected chi connectivity index (χ1v) is 8.17. The second kappa shape index (κ2) is 8.17. The van der Waals surface area contributed by atoms with Crippen LogP contribution in [0.5, 0.6) is 0 Å². The predicted octanol–water partition coefficient (Wildman–Crippen LogP) is 1.37. The van der Waals surface area contributed by atoms with Crippen LogP contribution >= 0.6 is 0 Å². The van der Waals surface area contributed by atoms with Gasteiger partial charge in [0.05, 0.1) is 12.3 Å². The fourth-order valence-electron chi connectivity index (χ4n) is 3.17. The molecule has 1 aliphatic carbocycles. The van der Waals surface area contributed by atoms with Crippen molar-refractivity contribution in [2.24, 2.45) is 18.0 Å². The van der Waals surface area contributed by atoms with Gasteiger partial charge in [0.25, 0.3) is 0 Å². The number of nitrogens with one attached hydrogen (secondary N) is 1. The van der Waals surface area contributed by atoms with Gasteiger partial charge in [0.2, 0.25) is 0 Å². The summed E-state index contributed by atoms with van der Waals surface area (Å²) < 4.78 is 1.80. The topological polar surface area (TPSA) is 65.7 Å². The van der Waals surface area contributed by atoms with Gasteiger partial charge in [-0.05, 0) is 18.8 Å². The lowest BCUT2D eigenvalue weighted by atomic mass is 9.85.